The molecule has 0 saturated heterocycles. The fourth-order valence-electron chi connectivity index (χ4n) is 2.09. The van der Waals surface area contributed by atoms with Crippen LogP contribution in [-0.4, -0.2) is 33.8 Å². The molecule has 1 heterocycles. The monoisotopic (exact) mass is 381 g/mol. The van der Waals surface area contributed by atoms with Gasteiger partial charge in [0.25, 0.3) is 0 Å². The lowest BCUT2D eigenvalue weighted by Gasteiger charge is -2.19. The van der Waals surface area contributed by atoms with E-state index < -0.39 is 0 Å². The average Bonchev–Trinajstić information content (AvgIpc) is 2.85. The maximum Gasteiger partial charge on any atom is 0.345 e. The van der Waals surface area contributed by atoms with E-state index in [2.05, 4.69) is 53.1 Å². The number of benzene rings is 1. The zero-order valence-electron chi connectivity index (χ0n) is 13.3. The third kappa shape index (κ3) is 3.55. The van der Waals surface area contributed by atoms with Crippen LogP contribution in [0, 0.1) is 13.8 Å². The number of rotatable bonds is 4. The molecule has 0 aliphatic rings. The second-order valence-electron chi connectivity index (χ2n) is 5.04. The van der Waals surface area contributed by atoms with Crippen LogP contribution in [0.15, 0.2) is 38.8 Å². The lowest BCUT2D eigenvalue weighted by Crippen LogP contribution is -2.35. The molecule has 2 rings (SSSR count). The highest BCUT2D eigenvalue weighted by molar-refractivity contribution is 9.10. The smallest absolute Gasteiger partial charge is 0.323 e. The van der Waals surface area contributed by atoms with Crippen molar-refractivity contribution in [2.75, 3.05) is 13.1 Å². The first-order valence-electron chi connectivity index (χ1n) is 7.25. The number of aryl methyl sites for hydroxylation is 2. The number of nitrogens with zero attached hydrogens (tertiary/aromatic N) is 3. The molecule has 4 nitrogen and oxygen atoms in total. The minimum atomic E-state index is -0.0940. The van der Waals surface area contributed by atoms with Crippen LogP contribution in [0.25, 0.3) is 0 Å². The van der Waals surface area contributed by atoms with Crippen LogP contribution in [0.4, 0.5) is 4.79 Å². The highest BCUT2D eigenvalue weighted by Gasteiger charge is 2.20. The fraction of sp³-hybridized carbons (Fsp3) is 0.375. The van der Waals surface area contributed by atoms with E-state index >= 15 is 0 Å². The molecule has 0 saturated carbocycles. The Bertz CT molecular complexity index is 680. The van der Waals surface area contributed by atoms with Gasteiger partial charge in [-0.05, 0) is 60.8 Å². The molecule has 6 heteroatoms. The van der Waals surface area contributed by atoms with Gasteiger partial charge in [-0.2, -0.15) is 9.78 Å². The van der Waals surface area contributed by atoms with Gasteiger partial charge in [0, 0.05) is 18.0 Å². The number of amides is 1. The molecule has 22 heavy (non-hydrogen) atoms. The summed E-state index contributed by atoms with van der Waals surface area (Å²) in [6.45, 7) is 9.41. The van der Waals surface area contributed by atoms with Gasteiger partial charge in [0.2, 0.25) is 0 Å². The zero-order valence-corrected chi connectivity index (χ0v) is 15.7. The Hall–Kier alpha value is -1.27. The summed E-state index contributed by atoms with van der Waals surface area (Å²) in [5.41, 5.74) is 2.39. The molecule has 0 fully saturated rings. The van der Waals surface area contributed by atoms with Crippen molar-refractivity contribution in [3.05, 3.63) is 40.0 Å². The van der Waals surface area contributed by atoms with E-state index in [4.69, 9.17) is 0 Å². The predicted octanol–water partition coefficient (Wildman–Crippen LogP) is 4.72. The number of hydrogen-bond acceptors (Lipinski definition) is 3. The normalized spacial score (nSPS) is 10.8. The summed E-state index contributed by atoms with van der Waals surface area (Å²) >= 11 is 5.07. The Morgan fingerprint density at radius 2 is 2.00 bits per heavy atom. The van der Waals surface area contributed by atoms with Crippen LogP contribution in [0.5, 0.6) is 0 Å². The molecule has 0 radical (unpaired) electrons. The summed E-state index contributed by atoms with van der Waals surface area (Å²) in [6.07, 6.45) is 1.68. The van der Waals surface area contributed by atoms with Gasteiger partial charge in [0.05, 0.1) is 10.7 Å². The van der Waals surface area contributed by atoms with E-state index in [9.17, 15) is 4.79 Å². The third-order valence-electron chi connectivity index (χ3n) is 3.45. The van der Waals surface area contributed by atoms with E-state index in [0.717, 1.165) is 14.4 Å². The second-order valence-corrected chi connectivity index (χ2v) is 6.92. The van der Waals surface area contributed by atoms with Crippen molar-refractivity contribution >= 4 is 33.7 Å². The maximum atomic E-state index is 12.6. The summed E-state index contributed by atoms with van der Waals surface area (Å²) in [6, 6.07) is 6.22. The van der Waals surface area contributed by atoms with Crippen molar-refractivity contribution in [1.29, 1.82) is 0 Å². The van der Waals surface area contributed by atoms with Crippen LogP contribution >= 0.6 is 27.7 Å². The summed E-state index contributed by atoms with van der Waals surface area (Å²) in [5.74, 6) is 0. The molecule has 0 atom stereocenters. The number of halogens is 1. The molecule has 2 aromatic rings. The molecule has 0 spiro atoms. The van der Waals surface area contributed by atoms with Gasteiger partial charge in [0.1, 0.15) is 5.03 Å². The van der Waals surface area contributed by atoms with Crippen molar-refractivity contribution in [3.63, 3.8) is 0 Å². The Morgan fingerprint density at radius 3 is 2.64 bits per heavy atom. The Morgan fingerprint density at radius 1 is 1.32 bits per heavy atom. The highest BCUT2D eigenvalue weighted by Crippen LogP contribution is 2.35. The first-order valence-corrected chi connectivity index (χ1v) is 8.86. The molecule has 1 aromatic carbocycles. The first-order chi connectivity index (χ1) is 10.5. The number of hydrogen-bond donors (Lipinski definition) is 0. The van der Waals surface area contributed by atoms with Gasteiger partial charge in [-0.3, -0.25) is 0 Å². The van der Waals surface area contributed by atoms with Gasteiger partial charge in [-0.25, -0.2) is 4.79 Å². The van der Waals surface area contributed by atoms with Crippen LogP contribution in [-0.2, 0) is 0 Å². The van der Waals surface area contributed by atoms with Crippen LogP contribution in [0.1, 0.15) is 25.0 Å². The third-order valence-corrected chi connectivity index (χ3v) is 5.54. The van der Waals surface area contributed by atoms with Crippen molar-refractivity contribution < 1.29 is 4.79 Å². The SMILES string of the molecule is CCN(CC)C(=O)n1ncc(Br)c1Sc1cc(C)ccc1C. The van der Waals surface area contributed by atoms with Gasteiger partial charge in [-0.15, -0.1) is 0 Å². The summed E-state index contributed by atoms with van der Waals surface area (Å²) in [5, 5.41) is 5.05. The Labute approximate surface area is 144 Å². The van der Waals surface area contributed by atoms with Gasteiger partial charge >= 0.3 is 6.03 Å². The molecule has 0 bridgehead atoms. The molecule has 1 aromatic heterocycles. The van der Waals surface area contributed by atoms with Crippen molar-refractivity contribution in [1.82, 2.24) is 14.7 Å². The van der Waals surface area contributed by atoms with Gasteiger partial charge in [-0.1, -0.05) is 23.9 Å². The number of aromatic nitrogens is 2. The molecule has 0 aliphatic carbocycles. The van der Waals surface area contributed by atoms with E-state index in [0.29, 0.717) is 13.1 Å². The van der Waals surface area contributed by atoms with Crippen molar-refractivity contribution in [2.45, 2.75) is 37.6 Å². The Kier molecular flexibility index (Phi) is 5.69. The van der Waals surface area contributed by atoms with E-state index in [-0.39, 0.29) is 6.03 Å². The molecular formula is C16H20BrN3OS. The van der Waals surface area contributed by atoms with Crippen LogP contribution < -0.4 is 0 Å². The molecule has 0 N–H and O–H groups in total. The molecule has 0 unspecified atom stereocenters. The maximum absolute atomic E-state index is 12.6. The van der Waals surface area contributed by atoms with Crippen LogP contribution in [0.3, 0.4) is 0 Å². The Balaban J connectivity index is 2.38. The topological polar surface area (TPSA) is 38.1 Å². The van der Waals surface area contributed by atoms with Gasteiger partial charge in [0.15, 0.2) is 0 Å². The molecule has 1 amide bonds. The predicted molar refractivity (Wildman–Crippen MR) is 93.7 cm³/mol. The minimum absolute atomic E-state index is 0.0940. The second kappa shape index (κ2) is 7.33. The molecular weight excluding hydrogens is 362 g/mol. The lowest BCUT2D eigenvalue weighted by atomic mass is 10.2. The minimum Gasteiger partial charge on any atom is -0.323 e. The summed E-state index contributed by atoms with van der Waals surface area (Å²) < 4.78 is 2.31. The van der Waals surface area contributed by atoms with Gasteiger partial charge < -0.3 is 4.90 Å². The average molecular weight is 382 g/mol. The lowest BCUT2D eigenvalue weighted by molar-refractivity contribution is 0.199. The van der Waals surface area contributed by atoms with Crippen molar-refractivity contribution in [2.24, 2.45) is 0 Å². The van der Waals surface area contributed by atoms with Crippen molar-refractivity contribution in [3.8, 4) is 0 Å². The summed E-state index contributed by atoms with van der Waals surface area (Å²) in [7, 11) is 0. The largest absolute Gasteiger partial charge is 0.345 e. The quantitative estimate of drug-likeness (QED) is 0.768. The van der Waals surface area contributed by atoms with E-state index in [1.54, 1.807) is 22.9 Å². The standard InChI is InChI=1S/C16H20BrN3OS/c1-5-19(6-2)16(21)20-15(13(17)10-18-20)22-14-9-11(3)7-8-12(14)4/h7-10H,5-6H2,1-4H3. The number of carbonyl (C=O) groups excluding carboxylic acids is 1. The zero-order chi connectivity index (χ0) is 16.3. The molecule has 0 aliphatic heterocycles. The van der Waals surface area contributed by atoms with Crippen LogP contribution in [0.2, 0.25) is 0 Å². The van der Waals surface area contributed by atoms with E-state index in [1.807, 2.05) is 13.8 Å². The first kappa shape index (κ1) is 17.1. The van der Waals surface area contributed by atoms with E-state index in [1.165, 1.54) is 15.8 Å². The highest BCUT2D eigenvalue weighted by atomic mass is 79.9. The number of carbonyl (C=O) groups is 1. The molecule has 118 valence electrons. The fourth-order valence-corrected chi connectivity index (χ4v) is 3.64. The summed E-state index contributed by atoms with van der Waals surface area (Å²) in [4.78, 5) is 15.5.